The zero-order valence-electron chi connectivity index (χ0n) is 11.2. The van der Waals surface area contributed by atoms with Crippen molar-refractivity contribution in [2.24, 2.45) is 5.14 Å². The van der Waals surface area contributed by atoms with Crippen LogP contribution in [0.25, 0.3) is 0 Å². The fraction of sp³-hybridized carbons (Fsp3) is 0.250. The number of nitrogens with two attached hydrogens (primary N) is 2. The molecule has 8 heteroatoms. The first kappa shape index (κ1) is 14.4. The van der Waals surface area contributed by atoms with E-state index < -0.39 is 10.0 Å². The van der Waals surface area contributed by atoms with Gasteiger partial charge in [-0.1, -0.05) is 6.07 Å². The zero-order valence-corrected chi connectivity index (χ0v) is 12.0. The van der Waals surface area contributed by atoms with E-state index in [1.807, 2.05) is 13.8 Å². The molecule has 1 aromatic carbocycles. The second kappa shape index (κ2) is 5.14. The Kier molecular flexibility index (Phi) is 3.69. The lowest BCUT2D eigenvalue weighted by Crippen LogP contribution is -2.15. The third-order valence-corrected chi connectivity index (χ3v) is 3.84. The highest BCUT2D eigenvalue weighted by atomic mass is 32.2. The number of rotatable bonds is 4. The molecular formula is C12H16N4O3S. The van der Waals surface area contributed by atoms with Crippen molar-refractivity contribution in [3.63, 3.8) is 0 Å². The van der Waals surface area contributed by atoms with E-state index in [1.54, 1.807) is 12.1 Å². The molecule has 2 aromatic rings. The van der Waals surface area contributed by atoms with E-state index in [0.717, 1.165) is 11.5 Å². The first-order chi connectivity index (χ1) is 9.29. The number of oxazole rings is 1. The molecule has 0 atom stereocenters. The minimum atomic E-state index is -3.85. The van der Waals surface area contributed by atoms with Crippen LogP contribution in [-0.2, 0) is 16.6 Å². The number of sulfonamides is 1. The fourth-order valence-corrected chi connectivity index (χ4v) is 2.42. The summed E-state index contributed by atoms with van der Waals surface area (Å²) in [5.41, 5.74) is 7.15. The summed E-state index contributed by atoms with van der Waals surface area (Å²) in [6.45, 7) is 3.97. The summed E-state index contributed by atoms with van der Waals surface area (Å²) in [5, 5.41) is 8.07. The lowest BCUT2D eigenvalue weighted by Gasteiger charge is -2.10. The third-order valence-electron chi connectivity index (χ3n) is 2.88. The lowest BCUT2D eigenvalue weighted by molar-refractivity contribution is 0.478. The van der Waals surface area contributed by atoms with E-state index in [2.05, 4.69) is 10.3 Å². The van der Waals surface area contributed by atoms with Crippen molar-refractivity contribution in [2.75, 3.05) is 11.1 Å². The van der Waals surface area contributed by atoms with Crippen molar-refractivity contribution < 1.29 is 12.8 Å². The molecule has 0 saturated carbocycles. The monoisotopic (exact) mass is 296 g/mol. The van der Waals surface area contributed by atoms with Crippen molar-refractivity contribution in [1.29, 1.82) is 0 Å². The van der Waals surface area contributed by atoms with Gasteiger partial charge in [0.25, 0.3) is 0 Å². The molecule has 5 N–H and O–H groups in total. The average Bonchev–Trinajstić information content (AvgIpc) is 2.66. The van der Waals surface area contributed by atoms with E-state index in [4.69, 9.17) is 15.3 Å². The minimum absolute atomic E-state index is 0.0787. The number of nitrogens with zero attached hydrogens (tertiary/aromatic N) is 1. The van der Waals surface area contributed by atoms with Crippen molar-refractivity contribution >= 4 is 21.4 Å². The molecule has 0 aliphatic carbocycles. The molecule has 0 spiro atoms. The molecule has 0 saturated heterocycles. The second-order valence-electron chi connectivity index (χ2n) is 4.37. The van der Waals surface area contributed by atoms with Gasteiger partial charge in [0.15, 0.2) is 0 Å². The van der Waals surface area contributed by atoms with E-state index in [9.17, 15) is 8.42 Å². The summed E-state index contributed by atoms with van der Waals surface area (Å²) < 4.78 is 28.2. The summed E-state index contributed by atoms with van der Waals surface area (Å²) in [6.07, 6.45) is 0. The van der Waals surface area contributed by atoms with Crippen molar-refractivity contribution in [3.05, 3.63) is 35.5 Å². The molecule has 0 radical (unpaired) electrons. The SMILES string of the molecule is Cc1nc(CNc2cccc(S(N)(=O)=O)c2N)oc1C. The van der Waals surface area contributed by atoms with Crippen LogP contribution in [-0.4, -0.2) is 13.4 Å². The largest absolute Gasteiger partial charge is 0.444 e. The van der Waals surface area contributed by atoms with Crippen LogP contribution in [0.2, 0.25) is 0 Å². The summed E-state index contributed by atoms with van der Waals surface area (Å²) in [6, 6.07) is 4.58. The van der Waals surface area contributed by atoms with Gasteiger partial charge in [-0.05, 0) is 26.0 Å². The quantitative estimate of drug-likeness (QED) is 0.726. The Labute approximate surface area is 117 Å². The van der Waals surface area contributed by atoms with Crippen LogP contribution in [0.3, 0.4) is 0 Å². The van der Waals surface area contributed by atoms with Gasteiger partial charge in [0, 0.05) is 0 Å². The zero-order chi connectivity index (χ0) is 14.9. The highest BCUT2D eigenvalue weighted by Crippen LogP contribution is 2.26. The van der Waals surface area contributed by atoms with E-state index in [0.29, 0.717) is 18.1 Å². The van der Waals surface area contributed by atoms with Gasteiger partial charge in [0.05, 0.1) is 23.6 Å². The van der Waals surface area contributed by atoms with Gasteiger partial charge >= 0.3 is 0 Å². The Hall–Kier alpha value is -2.06. The number of nitrogens with one attached hydrogen (secondary N) is 1. The number of nitrogen functional groups attached to an aromatic ring is 1. The lowest BCUT2D eigenvalue weighted by atomic mass is 10.2. The van der Waals surface area contributed by atoms with E-state index in [-0.39, 0.29) is 10.6 Å². The van der Waals surface area contributed by atoms with Crippen molar-refractivity contribution in [3.8, 4) is 0 Å². The number of hydrogen-bond donors (Lipinski definition) is 3. The van der Waals surface area contributed by atoms with Gasteiger partial charge in [-0.3, -0.25) is 0 Å². The number of aromatic nitrogens is 1. The molecule has 1 heterocycles. The number of hydrogen-bond acceptors (Lipinski definition) is 6. The molecule has 0 amide bonds. The predicted molar refractivity (Wildman–Crippen MR) is 75.5 cm³/mol. The molecule has 0 bridgehead atoms. The number of para-hydroxylation sites is 1. The van der Waals surface area contributed by atoms with Crippen molar-refractivity contribution in [2.45, 2.75) is 25.3 Å². The Bertz CT molecular complexity index is 718. The number of primary sulfonamides is 1. The van der Waals surface area contributed by atoms with Crippen LogP contribution in [0.15, 0.2) is 27.5 Å². The van der Waals surface area contributed by atoms with Crippen LogP contribution < -0.4 is 16.2 Å². The standard InChI is InChI=1S/C12H16N4O3S/c1-7-8(2)19-11(16-7)6-15-9-4-3-5-10(12(9)13)20(14,17)18/h3-5,15H,6,13H2,1-2H3,(H2,14,17,18). The molecule has 2 rings (SSSR count). The normalized spacial score (nSPS) is 11.6. The Morgan fingerprint density at radius 3 is 2.60 bits per heavy atom. The summed E-state index contributed by atoms with van der Waals surface area (Å²) in [5.74, 6) is 1.24. The molecule has 0 fully saturated rings. The van der Waals surface area contributed by atoms with Crippen LogP contribution in [0.5, 0.6) is 0 Å². The summed E-state index contributed by atoms with van der Waals surface area (Å²) in [7, 11) is -3.85. The second-order valence-corrected chi connectivity index (χ2v) is 5.89. The van der Waals surface area contributed by atoms with Crippen LogP contribution >= 0.6 is 0 Å². The maximum Gasteiger partial charge on any atom is 0.240 e. The Balaban J connectivity index is 2.22. The van der Waals surface area contributed by atoms with Gasteiger partial charge in [0.2, 0.25) is 15.9 Å². The van der Waals surface area contributed by atoms with Crippen molar-refractivity contribution in [1.82, 2.24) is 4.98 Å². The van der Waals surface area contributed by atoms with Crippen LogP contribution in [0.4, 0.5) is 11.4 Å². The topological polar surface area (TPSA) is 124 Å². The Morgan fingerprint density at radius 2 is 2.05 bits per heavy atom. The third kappa shape index (κ3) is 2.91. The first-order valence-corrected chi connectivity index (χ1v) is 7.41. The predicted octanol–water partition coefficient (Wildman–Crippen LogP) is 1.13. The minimum Gasteiger partial charge on any atom is -0.444 e. The molecular weight excluding hydrogens is 280 g/mol. The summed E-state index contributed by atoms with van der Waals surface area (Å²) >= 11 is 0. The highest BCUT2D eigenvalue weighted by molar-refractivity contribution is 7.89. The smallest absolute Gasteiger partial charge is 0.240 e. The molecule has 0 aliphatic rings. The Morgan fingerprint density at radius 1 is 1.35 bits per heavy atom. The first-order valence-electron chi connectivity index (χ1n) is 5.87. The van der Waals surface area contributed by atoms with Gasteiger partial charge < -0.3 is 15.5 Å². The molecule has 0 aliphatic heterocycles. The maximum absolute atomic E-state index is 11.4. The number of anilines is 2. The van der Waals surface area contributed by atoms with Crippen LogP contribution in [0.1, 0.15) is 17.3 Å². The van der Waals surface area contributed by atoms with E-state index >= 15 is 0 Å². The molecule has 1 aromatic heterocycles. The van der Waals surface area contributed by atoms with E-state index in [1.165, 1.54) is 6.07 Å². The number of benzene rings is 1. The summed E-state index contributed by atoms with van der Waals surface area (Å²) in [4.78, 5) is 4.10. The number of aryl methyl sites for hydroxylation is 2. The average molecular weight is 296 g/mol. The van der Waals surface area contributed by atoms with Gasteiger partial charge in [-0.15, -0.1) is 0 Å². The maximum atomic E-state index is 11.4. The van der Waals surface area contributed by atoms with Crippen LogP contribution in [0, 0.1) is 13.8 Å². The van der Waals surface area contributed by atoms with Gasteiger partial charge in [0.1, 0.15) is 10.7 Å². The molecule has 0 unspecified atom stereocenters. The molecule has 108 valence electrons. The highest BCUT2D eigenvalue weighted by Gasteiger charge is 2.15. The van der Waals surface area contributed by atoms with Gasteiger partial charge in [-0.25, -0.2) is 18.5 Å². The van der Waals surface area contributed by atoms with Gasteiger partial charge in [-0.2, -0.15) is 0 Å². The fourth-order valence-electron chi connectivity index (χ4n) is 1.73. The molecule has 20 heavy (non-hydrogen) atoms. The molecule has 7 nitrogen and oxygen atoms in total.